The molecule has 1 fully saturated rings. The van der Waals surface area contributed by atoms with Crippen LogP contribution in [0.4, 0.5) is 0 Å². The summed E-state index contributed by atoms with van der Waals surface area (Å²) in [6, 6.07) is 9.75. The van der Waals surface area contributed by atoms with E-state index in [0.717, 1.165) is 5.56 Å². The summed E-state index contributed by atoms with van der Waals surface area (Å²) >= 11 is 5.95. The van der Waals surface area contributed by atoms with Crippen molar-refractivity contribution in [2.45, 2.75) is 12.5 Å². The summed E-state index contributed by atoms with van der Waals surface area (Å²) in [5, 5.41) is 3.26. The summed E-state index contributed by atoms with van der Waals surface area (Å²) in [6.45, 7) is 2.28. The van der Waals surface area contributed by atoms with Gasteiger partial charge in [-0.25, -0.2) is 4.79 Å². The summed E-state index contributed by atoms with van der Waals surface area (Å²) in [6.07, 6.45) is 1.62. The second-order valence-corrected chi connectivity index (χ2v) is 7.31. The molecule has 3 rings (SSSR count). The van der Waals surface area contributed by atoms with Gasteiger partial charge in [-0.1, -0.05) is 23.7 Å². The minimum atomic E-state index is -0.544. The van der Waals surface area contributed by atoms with Crippen LogP contribution < -0.4 is 5.32 Å². The van der Waals surface area contributed by atoms with Crippen LogP contribution in [-0.2, 0) is 14.3 Å². The Bertz CT molecular complexity index is 861. The third-order valence-electron chi connectivity index (χ3n) is 5.01. The van der Waals surface area contributed by atoms with Gasteiger partial charge in [-0.3, -0.25) is 14.5 Å². The second-order valence-electron chi connectivity index (χ2n) is 6.88. The molecule has 9 heteroatoms. The smallest absolute Gasteiger partial charge is 0.327 e. The van der Waals surface area contributed by atoms with E-state index in [2.05, 4.69) is 5.32 Å². The molecule has 1 unspecified atom stereocenters. The summed E-state index contributed by atoms with van der Waals surface area (Å²) in [7, 11) is 1.36. The SMILES string of the molecule is COC(=O)C(c1ccc(Cl)cc1)N1CCN(C(=O)CCNC(=O)c2ccco2)CC1. The molecular formula is C21H24ClN3O5. The molecule has 160 valence electrons. The summed E-state index contributed by atoms with van der Waals surface area (Å²) in [4.78, 5) is 40.4. The maximum absolute atomic E-state index is 12.5. The number of nitrogens with one attached hydrogen (secondary N) is 1. The van der Waals surface area contributed by atoms with Crippen LogP contribution in [0.5, 0.6) is 0 Å². The number of furan rings is 1. The Morgan fingerprint density at radius 2 is 1.83 bits per heavy atom. The zero-order valence-corrected chi connectivity index (χ0v) is 17.4. The van der Waals surface area contributed by atoms with Gasteiger partial charge in [0.05, 0.1) is 13.4 Å². The van der Waals surface area contributed by atoms with E-state index in [1.807, 2.05) is 17.0 Å². The van der Waals surface area contributed by atoms with Crippen LogP contribution in [0, 0.1) is 0 Å². The number of amides is 2. The molecule has 0 bridgehead atoms. The normalized spacial score (nSPS) is 15.5. The van der Waals surface area contributed by atoms with E-state index in [4.69, 9.17) is 20.8 Å². The molecule has 1 saturated heterocycles. The first-order valence-electron chi connectivity index (χ1n) is 9.66. The lowest BCUT2D eigenvalue weighted by Gasteiger charge is -2.38. The van der Waals surface area contributed by atoms with Crippen molar-refractivity contribution in [2.75, 3.05) is 39.8 Å². The molecule has 1 N–H and O–H groups in total. The van der Waals surface area contributed by atoms with Crippen LogP contribution in [0.25, 0.3) is 0 Å². The van der Waals surface area contributed by atoms with Gasteiger partial charge in [-0.15, -0.1) is 0 Å². The largest absolute Gasteiger partial charge is 0.468 e. The van der Waals surface area contributed by atoms with Crippen molar-refractivity contribution in [1.82, 2.24) is 15.1 Å². The van der Waals surface area contributed by atoms with Crippen LogP contribution in [0.1, 0.15) is 28.6 Å². The minimum absolute atomic E-state index is 0.0458. The molecule has 1 aromatic carbocycles. The molecule has 2 aromatic rings. The first-order valence-corrected chi connectivity index (χ1v) is 10.0. The third kappa shape index (κ3) is 5.40. The number of halogens is 1. The summed E-state index contributed by atoms with van der Waals surface area (Å²) < 4.78 is 10.0. The Morgan fingerprint density at radius 3 is 2.43 bits per heavy atom. The number of esters is 1. The van der Waals surface area contributed by atoms with Gasteiger partial charge in [0, 0.05) is 44.2 Å². The predicted molar refractivity (Wildman–Crippen MR) is 110 cm³/mol. The fourth-order valence-electron chi connectivity index (χ4n) is 3.42. The highest BCUT2D eigenvalue weighted by atomic mass is 35.5. The first-order chi connectivity index (χ1) is 14.5. The van der Waals surface area contributed by atoms with Crippen LogP contribution in [0.3, 0.4) is 0 Å². The number of ether oxygens (including phenoxy) is 1. The lowest BCUT2D eigenvalue weighted by molar-refractivity contribution is -0.148. The fraction of sp³-hybridized carbons (Fsp3) is 0.381. The van der Waals surface area contributed by atoms with E-state index in [9.17, 15) is 14.4 Å². The van der Waals surface area contributed by atoms with Gasteiger partial charge in [-0.05, 0) is 29.8 Å². The maximum Gasteiger partial charge on any atom is 0.327 e. The topological polar surface area (TPSA) is 92.1 Å². The maximum atomic E-state index is 12.5. The molecule has 1 atom stereocenters. The fourth-order valence-corrected chi connectivity index (χ4v) is 3.54. The number of piperazine rings is 1. The predicted octanol–water partition coefficient (Wildman–Crippen LogP) is 2.11. The standard InChI is InChI=1S/C21H24ClN3O5/c1-29-21(28)19(15-4-6-16(22)7-5-15)25-12-10-24(11-13-25)18(26)8-9-23-20(27)17-3-2-14-30-17/h2-7,14,19H,8-13H2,1H3,(H,23,27). The zero-order chi connectivity index (χ0) is 21.5. The van der Waals surface area contributed by atoms with Crippen LogP contribution >= 0.6 is 11.6 Å². The number of rotatable bonds is 7. The molecule has 0 spiro atoms. The van der Waals surface area contributed by atoms with Gasteiger partial charge in [0.25, 0.3) is 5.91 Å². The van der Waals surface area contributed by atoms with Crippen molar-refractivity contribution in [3.63, 3.8) is 0 Å². The highest BCUT2D eigenvalue weighted by Crippen LogP contribution is 2.25. The molecule has 2 heterocycles. The summed E-state index contributed by atoms with van der Waals surface area (Å²) in [5.41, 5.74) is 0.798. The van der Waals surface area contributed by atoms with Crippen LogP contribution in [-0.4, -0.2) is 67.4 Å². The molecule has 2 amide bonds. The Morgan fingerprint density at radius 1 is 1.13 bits per heavy atom. The highest BCUT2D eigenvalue weighted by Gasteiger charge is 2.32. The average Bonchev–Trinajstić information content (AvgIpc) is 3.30. The summed E-state index contributed by atoms with van der Waals surface area (Å²) in [5.74, 6) is -0.526. The first kappa shape index (κ1) is 21.9. The Kier molecular flexibility index (Phi) is 7.48. The van der Waals surface area contributed by atoms with Crippen molar-refractivity contribution in [3.05, 3.63) is 59.0 Å². The molecule has 8 nitrogen and oxygen atoms in total. The van der Waals surface area contributed by atoms with E-state index in [0.29, 0.717) is 31.2 Å². The molecule has 0 aliphatic carbocycles. The molecule has 1 aliphatic rings. The lowest BCUT2D eigenvalue weighted by atomic mass is 10.0. The van der Waals surface area contributed by atoms with Crippen molar-refractivity contribution in [1.29, 1.82) is 0 Å². The third-order valence-corrected chi connectivity index (χ3v) is 5.26. The molecule has 0 radical (unpaired) electrons. The molecule has 1 aromatic heterocycles. The van der Waals surface area contributed by atoms with Crippen LogP contribution in [0.2, 0.25) is 5.02 Å². The minimum Gasteiger partial charge on any atom is -0.468 e. The number of carbonyl (C=O) groups is 3. The number of hydrogen-bond donors (Lipinski definition) is 1. The molecular weight excluding hydrogens is 410 g/mol. The number of carbonyl (C=O) groups excluding carboxylic acids is 3. The van der Waals surface area contributed by atoms with Gasteiger partial charge >= 0.3 is 5.97 Å². The van der Waals surface area contributed by atoms with Gasteiger partial charge in [0.15, 0.2) is 5.76 Å². The number of benzene rings is 1. The van der Waals surface area contributed by atoms with Crippen LogP contribution in [0.15, 0.2) is 47.1 Å². The van der Waals surface area contributed by atoms with Crippen molar-refractivity contribution in [3.8, 4) is 0 Å². The van der Waals surface area contributed by atoms with Gasteiger partial charge in [0.1, 0.15) is 6.04 Å². The average molecular weight is 434 g/mol. The number of nitrogens with zero attached hydrogens (tertiary/aromatic N) is 2. The van der Waals surface area contributed by atoms with E-state index < -0.39 is 6.04 Å². The van der Waals surface area contributed by atoms with Gasteiger partial charge < -0.3 is 19.4 Å². The Balaban J connectivity index is 1.51. The zero-order valence-electron chi connectivity index (χ0n) is 16.7. The van der Waals surface area contributed by atoms with Gasteiger partial charge in [-0.2, -0.15) is 0 Å². The van der Waals surface area contributed by atoms with Crippen molar-refractivity contribution >= 4 is 29.4 Å². The number of methoxy groups -OCH3 is 1. The Hall–Kier alpha value is -2.84. The van der Waals surface area contributed by atoms with Crippen molar-refractivity contribution < 1.29 is 23.5 Å². The van der Waals surface area contributed by atoms with Gasteiger partial charge in [0.2, 0.25) is 5.91 Å². The van der Waals surface area contributed by atoms with Crippen molar-refractivity contribution in [2.24, 2.45) is 0 Å². The quantitative estimate of drug-likeness (QED) is 0.672. The molecule has 30 heavy (non-hydrogen) atoms. The van der Waals surface area contributed by atoms with E-state index >= 15 is 0 Å². The Labute approximate surface area is 179 Å². The van der Waals surface area contributed by atoms with E-state index in [1.165, 1.54) is 13.4 Å². The molecule has 0 saturated carbocycles. The number of hydrogen-bond acceptors (Lipinski definition) is 6. The molecule has 1 aliphatic heterocycles. The highest BCUT2D eigenvalue weighted by molar-refractivity contribution is 6.30. The monoisotopic (exact) mass is 433 g/mol. The lowest BCUT2D eigenvalue weighted by Crippen LogP contribution is -2.51. The van der Waals surface area contributed by atoms with E-state index in [-0.39, 0.29) is 36.5 Å². The van der Waals surface area contributed by atoms with E-state index in [1.54, 1.807) is 29.2 Å². The second kappa shape index (κ2) is 10.3.